The fraction of sp³-hybridized carbons (Fsp3) is 0.429. The molecule has 1 heterocycles. The molecule has 1 aromatic carbocycles. The number of carbonyl (C=O) groups excluding carboxylic acids is 2. The summed E-state index contributed by atoms with van der Waals surface area (Å²) in [6, 6.07) is 1.39. The quantitative estimate of drug-likeness (QED) is 0.642. The van der Waals surface area contributed by atoms with Gasteiger partial charge in [-0.3, -0.25) is 10.1 Å². The number of phenols is 1. The molecule has 7 heteroatoms. The molecular formula is C14H17NO6. The number of aromatic hydroxyl groups is 1. The molecule has 0 radical (unpaired) electrons. The maximum Gasteiger partial charge on any atom is 0.412 e. The van der Waals surface area contributed by atoms with Crippen molar-refractivity contribution < 1.29 is 28.9 Å². The number of hydrogen-bond donors (Lipinski definition) is 2. The van der Waals surface area contributed by atoms with Crippen molar-refractivity contribution in [2.24, 2.45) is 0 Å². The van der Waals surface area contributed by atoms with E-state index in [1.807, 2.05) is 0 Å². The second-order valence-electron chi connectivity index (χ2n) is 5.46. The molecule has 0 bridgehead atoms. The predicted molar refractivity (Wildman–Crippen MR) is 74.3 cm³/mol. The summed E-state index contributed by atoms with van der Waals surface area (Å²) in [5.41, 5.74) is -0.727. The predicted octanol–water partition coefficient (Wildman–Crippen LogP) is 2.32. The molecule has 0 aromatic heterocycles. The lowest BCUT2D eigenvalue weighted by Gasteiger charge is -2.23. The van der Waals surface area contributed by atoms with Gasteiger partial charge in [0.15, 0.2) is 23.5 Å². The second kappa shape index (κ2) is 5.51. The molecule has 0 spiro atoms. The van der Waals surface area contributed by atoms with Gasteiger partial charge in [-0.25, -0.2) is 4.79 Å². The number of phenolic OH excluding ortho intramolecular Hbond substituents is 1. The number of fused-ring (bicyclic) bond motifs is 1. The Morgan fingerprint density at radius 2 is 2.05 bits per heavy atom. The normalized spacial score (nSPS) is 13.5. The second-order valence-corrected chi connectivity index (χ2v) is 5.46. The van der Waals surface area contributed by atoms with E-state index in [4.69, 9.17) is 14.2 Å². The fourth-order valence-corrected chi connectivity index (χ4v) is 1.82. The van der Waals surface area contributed by atoms with Crippen molar-refractivity contribution in [3.05, 3.63) is 11.6 Å². The van der Waals surface area contributed by atoms with E-state index in [0.29, 0.717) is 12.9 Å². The number of benzene rings is 1. The van der Waals surface area contributed by atoms with Gasteiger partial charge in [0, 0.05) is 6.07 Å². The van der Waals surface area contributed by atoms with Gasteiger partial charge in [-0.2, -0.15) is 0 Å². The smallest absolute Gasteiger partial charge is 0.412 e. The van der Waals surface area contributed by atoms with Crippen LogP contribution in [0.4, 0.5) is 10.5 Å². The molecule has 1 amide bonds. The van der Waals surface area contributed by atoms with E-state index in [9.17, 15) is 14.7 Å². The topological polar surface area (TPSA) is 94.1 Å². The monoisotopic (exact) mass is 295 g/mol. The van der Waals surface area contributed by atoms with E-state index < -0.39 is 11.7 Å². The Morgan fingerprint density at radius 3 is 2.67 bits per heavy atom. The number of nitrogens with one attached hydrogen (secondary N) is 1. The van der Waals surface area contributed by atoms with Gasteiger partial charge < -0.3 is 19.3 Å². The molecule has 0 aliphatic carbocycles. The Balaban J connectivity index is 2.32. The zero-order valence-electron chi connectivity index (χ0n) is 12.1. The third kappa shape index (κ3) is 3.36. The van der Waals surface area contributed by atoms with Crippen LogP contribution in [0, 0.1) is 0 Å². The molecule has 0 unspecified atom stereocenters. The molecule has 114 valence electrons. The van der Waals surface area contributed by atoms with Crippen molar-refractivity contribution in [1.29, 1.82) is 0 Å². The van der Waals surface area contributed by atoms with Crippen LogP contribution in [0.25, 0.3) is 0 Å². The first kappa shape index (κ1) is 15.0. The van der Waals surface area contributed by atoms with Gasteiger partial charge in [-0.15, -0.1) is 0 Å². The van der Waals surface area contributed by atoms with E-state index in [2.05, 4.69) is 5.32 Å². The molecule has 1 aliphatic heterocycles. The maximum absolute atomic E-state index is 11.7. The average molecular weight is 295 g/mol. The Morgan fingerprint density at radius 1 is 1.38 bits per heavy atom. The van der Waals surface area contributed by atoms with E-state index in [1.54, 1.807) is 20.8 Å². The first-order valence-corrected chi connectivity index (χ1v) is 6.42. The van der Waals surface area contributed by atoms with Gasteiger partial charge in [0.1, 0.15) is 24.4 Å². The molecule has 2 N–H and O–H groups in total. The van der Waals surface area contributed by atoms with Crippen molar-refractivity contribution >= 4 is 18.1 Å². The Kier molecular flexibility index (Phi) is 3.93. The van der Waals surface area contributed by atoms with Crippen LogP contribution in [-0.4, -0.2) is 36.3 Å². The summed E-state index contributed by atoms with van der Waals surface area (Å²) in [6.45, 7) is 5.75. The van der Waals surface area contributed by atoms with Gasteiger partial charge in [-0.1, -0.05) is 0 Å². The van der Waals surface area contributed by atoms with Crippen molar-refractivity contribution in [3.63, 3.8) is 0 Å². The number of aldehydes is 1. The minimum atomic E-state index is -0.744. The van der Waals surface area contributed by atoms with Crippen LogP contribution in [0.5, 0.6) is 17.2 Å². The van der Waals surface area contributed by atoms with Crippen LogP contribution in [0.15, 0.2) is 6.07 Å². The largest absolute Gasteiger partial charge is 0.505 e. The highest BCUT2D eigenvalue weighted by molar-refractivity contribution is 5.94. The van der Waals surface area contributed by atoms with E-state index in [-0.39, 0.29) is 35.1 Å². The number of anilines is 1. The molecule has 0 saturated heterocycles. The van der Waals surface area contributed by atoms with E-state index in [1.165, 1.54) is 6.07 Å². The molecule has 0 saturated carbocycles. The van der Waals surface area contributed by atoms with E-state index >= 15 is 0 Å². The third-order valence-electron chi connectivity index (χ3n) is 2.59. The highest BCUT2D eigenvalue weighted by atomic mass is 16.6. The zero-order valence-corrected chi connectivity index (χ0v) is 12.1. The number of ether oxygens (including phenoxy) is 3. The summed E-state index contributed by atoms with van der Waals surface area (Å²) in [6.07, 6.45) is -0.297. The molecule has 0 fully saturated rings. The summed E-state index contributed by atoms with van der Waals surface area (Å²) in [7, 11) is 0. The Labute approximate surface area is 121 Å². The van der Waals surface area contributed by atoms with Crippen molar-refractivity contribution in [1.82, 2.24) is 0 Å². The summed E-state index contributed by atoms with van der Waals surface area (Å²) in [4.78, 5) is 22.9. The summed E-state index contributed by atoms with van der Waals surface area (Å²) >= 11 is 0. The number of rotatable bonds is 2. The number of carbonyl (C=O) groups is 2. The number of hydrogen-bond acceptors (Lipinski definition) is 6. The summed E-state index contributed by atoms with van der Waals surface area (Å²) in [5, 5.41) is 12.4. The minimum Gasteiger partial charge on any atom is -0.505 e. The highest BCUT2D eigenvalue weighted by Crippen LogP contribution is 2.43. The molecule has 0 atom stereocenters. The molecule has 1 aliphatic rings. The molecule has 7 nitrogen and oxygen atoms in total. The van der Waals surface area contributed by atoms with Gasteiger partial charge in [0.05, 0.1) is 5.69 Å². The summed E-state index contributed by atoms with van der Waals surface area (Å²) < 4.78 is 15.8. The van der Waals surface area contributed by atoms with Gasteiger partial charge >= 0.3 is 6.09 Å². The van der Waals surface area contributed by atoms with Gasteiger partial charge in [0.2, 0.25) is 0 Å². The van der Waals surface area contributed by atoms with Crippen LogP contribution in [0.2, 0.25) is 0 Å². The van der Waals surface area contributed by atoms with Crippen LogP contribution < -0.4 is 14.8 Å². The van der Waals surface area contributed by atoms with Crippen molar-refractivity contribution in [3.8, 4) is 17.2 Å². The Hall–Kier alpha value is -2.44. The van der Waals surface area contributed by atoms with Crippen LogP contribution in [-0.2, 0) is 4.74 Å². The molecular weight excluding hydrogens is 278 g/mol. The lowest BCUT2D eigenvalue weighted by atomic mass is 10.1. The zero-order chi connectivity index (χ0) is 15.6. The first-order chi connectivity index (χ1) is 9.81. The van der Waals surface area contributed by atoms with Gasteiger partial charge in [0.25, 0.3) is 0 Å². The number of amides is 1. The fourth-order valence-electron chi connectivity index (χ4n) is 1.82. The SMILES string of the molecule is CC(C)(C)OC(=O)Nc1cc2c(c(C=O)c1O)OCCO2. The van der Waals surface area contributed by atoms with Crippen LogP contribution in [0.1, 0.15) is 31.1 Å². The molecule has 1 aromatic rings. The van der Waals surface area contributed by atoms with Crippen molar-refractivity contribution in [2.75, 3.05) is 18.5 Å². The first-order valence-electron chi connectivity index (χ1n) is 6.42. The standard InChI is InChI=1S/C14H17NO6/c1-14(2,3)21-13(18)15-9-6-10-12(20-5-4-19-10)8(7-16)11(9)17/h6-7,17H,4-5H2,1-3H3,(H,15,18). The Bertz CT molecular complexity index is 576. The molecule has 2 rings (SSSR count). The third-order valence-corrected chi connectivity index (χ3v) is 2.59. The highest BCUT2D eigenvalue weighted by Gasteiger charge is 2.24. The summed E-state index contributed by atoms with van der Waals surface area (Å²) in [5.74, 6) is 0.0656. The van der Waals surface area contributed by atoms with Crippen LogP contribution >= 0.6 is 0 Å². The average Bonchev–Trinajstić information content (AvgIpc) is 2.37. The minimum absolute atomic E-state index is 0.0237. The van der Waals surface area contributed by atoms with Gasteiger partial charge in [-0.05, 0) is 20.8 Å². The lowest BCUT2D eigenvalue weighted by Crippen LogP contribution is -2.27. The van der Waals surface area contributed by atoms with Crippen LogP contribution in [0.3, 0.4) is 0 Å². The maximum atomic E-state index is 11.7. The van der Waals surface area contributed by atoms with Crippen molar-refractivity contribution in [2.45, 2.75) is 26.4 Å². The molecule has 21 heavy (non-hydrogen) atoms. The lowest BCUT2D eigenvalue weighted by molar-refractivity contribution is 0.0635. The van der Waals surface area contributed by atoms with E-state index in [0.717, 1.165) is 0 Å².